The summed E-state index contributed by atoms with van der Waals surface area (Å²) >= 11 is 0. The van der Waals surface area contributed by atoms with Gasteiger partial charge in [0.2, 0.25) is 0 Å². The molecule has 0 bridgehead atoms. The van der Waals surface area contributed by atoms with E-state index in [-0.39, 0.29) is 102 Å². The monoisotopic (exact) mass is 1240 g/mol. The first kappa shape index (κ1) is 54.9. The second-order valence-electron chi connectivity index (χ2n) is 31.2. The van der Waals surface area contributed by atoms with Crippen LogP contribution in [0.3, 0.4) is 0 Å². The summed E-state index contributed by atoms with van der Waals surface area (Å²) in [7, 11) is 0. The first-order valence-electron chi connectivity index (χ1n) is 32.5. The molecule has 1 aromatic heterocycles. The number of aryl methyl sites for hydroxylation is 2. The van der Waals surface area contributed by atoms with E-state index in [0.717, 1.165) is 19.3 Å². The molecule has 20 heteroatoms. The van der Waals surface area contributed by atoms with Crippen LogP contribution in [0.1, 0.15) is 99.1 Å². The minimum atomic E-state index is -7.65. The highest BCUT2D eigenvalue weighted by atomic mass is 19.4. The molecule has 0 aliphatic heterocycles. The average molecular weight is 1240 g/mol. The molecule has 468 valence electrons. The van der Waals surface area contributed by atoms with Crippen LogP contribution in [-0.4, -0.2) is 46.0 Å². The molecule has 0 spiro atoms. The third-order valence-electron chi connectivity index (χ3n) is 29.6. The van der Waals surface area contributed by atoms with E-state index >= 15 is 52.7 Å². The quantitative estimate of drug-likeness (QED) is 0.139. The summed E-state index contributed by atoms with van der Waals surface area (Å²) in [6.45, 7) is 3.80. The lowest BCUT2D eigenvalue weighted by Gasteiger charge is -2.61. The van der Waals surface area contributed by atoms with E-state index < -0.39 is 99.7 Å². The highest BCUT2D eigenvalue weighted by Crippen LogP contribution is 2.94. The van der Waals surface area contributed by atoms with Crippen molar-refractivity contribution in [3.8, 4) is 0 Å². The summed E-state index contributed by atoms with van der Waals surface area (Å²) in [5.74, 6) is -40.1. The molecule has 31 atom stereocenters. The molecule has 1 heterocycles. The maximum absolute atomic E-state index is 17.1. The fraction of sp³-hybridized carbons (Fsp3) is 0.761. The Hall–Kier alpha value is -3.74. The molecule has 17 aliphatic carbocycles. The molecule has 13 saturated carbocycles. The Morgan fingerprint density at radius 2 is 0.770 bits per heavy atom. The van der Waals surface area contributed by atoms with Gasteiger partial charge in [-0.3, -0.25) is 0 Å². The van der Waals surface area contributed by atoms with Crippen LogP contribution < -0.4 is 0 Å². The van der Waals surface area contributed by atoms with Gasteiger partial charge >= 0.3 is 47.9 Å². The number of nitrogens with zero attached hydrogens (tertiary/aromatic N) is 2. The van der Waals surface area contributed by atoms with Crippen molar-refractivity contribution >= 4 is 0 Å². The predicted molar refractivity (Wildman–Crippen MR) is 275 cm³/mol. The lowest BCUT2D eigenvalue weighted by Crippen LogP contribution is -2.60. The van der Waals surface area contributed by atoms with Gasteiger partial charge in [-0.2, -0.15) is 79.0 Å². The number of hydrogen-bond donors (Lipinski definition) is 0. The van der Waals surface area contributed by atoms with Gasteiger partial charge in [0.05, 0.1) is 5.41 Å². The van der Waals surface area contributed by atoms with Gasteiger partial charge in [-0.15, -0.1) is 0 Å². The van der Waals surface area contributed by atoms with Crippen LogP contribution in [0.15, 0.2) is 59.7 Å². The Bertz CT molecular complexity index is 3390. The summed E-state index contributed by atoms with van der Waals surface area (Å²) < 4.78 is 278. The number of hydrogen-bond acceptors (Lipinski definition) is 2. The molecule has 2 aromatic rings. The van der Waals surface area contributed by atoms with Crippen LogP contribution in [0, 0.1) is 178 Å². The molecular weight excluding hydrogens is 1170 g/mol. The van der Waals surface area contributed by atoms with Crippen molar-refractivity contribution < 1.29 is 79.0 Å². The number of rotatable bonds is 14. The standard InChI is InChI=1S/C67H64F18N2/c1-3-5-7-24-20-25(8-6-4-2)87-58(86-24)59(21-17-22(60(68,69)62(72,73)64(76,77)66(80,81)82)19-23(18-21)61(70,71)63(74,75)65(78,79)67(83,84)85)56-42-32-15-13-30-28-11-9-26-27-10-12-29-31-14-16-33-41-39(31)46-37(29)35(27)44-34(26)36(28)45-38(30)40(32)47-49(42)50(43(33)57(56)59)48(41)55-53(46)51(44)52(45)54(47)55/h9,11,13,15,17-20,26-44,46-51,53-57H,3-8,10,12,14,16H2,1-2H3. The zero-order valence-electron chi connectivity index (χ0n) is 47.2. The highest BCUT2D eigenvalue weighted by molar-refractivity contribution is 5.57. The summed E-state index contributed by atoms with van der Waals surface area (Å²) in [6, 6.07) is 0.801. The van der Waals surface area contributed by atoms with Gasteiger partial charge < -0.3 is 0 Å². The number of aromatic nitrogens is 2. The normalized spacial score (nSPS) is 49.8. The molecule has 13 fully saturated rings. The number of halogens is 18. The number of benzene rings is 1. The molecule has 1 aromatic carbocycles. The van der Waals surface area contributed by atoms with E-state index in [0.29, 0.717) is 120 Å². The van der Waals surface area contributed by atoms with E-state index in [4.69, 9.17) is 9.97 Å². The van der Waals surface area contributed by atoms with Crippen molar-refractivity contribution in [3.63, 3.8) is 0 Å². The van der Waals surface area contributed by atoms with Gasteiger partial charge in [0.15, 0.2) is 0 Å². The maximum Gasteiger partial charge on any atom is 0.460 e. The Morgan fingerprint density at radius 1 is 0.379 bits per heavy atom. The van der Waals surface area contributed by atoms with E-state index in [2.05, 4.69) is 24.3 Å². The topological polar surface area (TPSA) is 25.8 Å². The van der Waals surface area contributed by atoms with Crippen molar-refractivity contribution in [2.45, 2.75) is 131 Å². The molecule has 0 N–H and O–H groups in total. The molecule has 87 heavy (non-hydrogen) atoms. The fourth-order valence-electron chi connectivity index (χ4n) is 28.6. The minimum absolute atomic E-state index is 0.0340. The van der Waals surface area contributed by atoms with Crippen LogP contribution in [0.4, 0.5) is 79.0 Å². The number of alkyl halides is 18. The molecule has 0 saturated heterocycles. The van der Waals surface area contributed by atoms with Crippen molar-refractivity contribution in [2.24, 2.45) is 178 Å². The van der Waals surface area contributed by atoms with Crippen molar-refractivity contribution in [1.82, 2.24) is 9.97 Å². The SMILES string of the molecule is CCCCc1cc(CCCC)nc(C2(c3cc(C(F)(F)C(F)(F)C(F)(F)C(F)(F)F)cc(C(F)(F)C(F)(F)C(F)(F)C(F)(F)F)c3)C3C4C5C=CC6C7C=CC8C9CCC%10C%11CCC%12C%13C%11C%11C%10C9C9C%10C%14=C(C7C89)C6C5C5C%14C(C%10%11)C%13C(C54)C%12C32)n1. The second kappa shape index (κ2) is 16.0. The molecule has 31 unspecified atom stereocenters. The minimum Gasteiger partial charge on any atom is -0.237 e. The lowest BCUT2D eigenvalue weighted by atomic mass is 9.43. The predicted octanol–water partition coefficient (Wildman–Crippen LogP) is 17.0. The summed E-state index contributed by atoms with van der Waals surface area (Å²) in [5.41, 5.74) is -4.71. The first-order chi connectivity index (χ1) is 41.0. The van der Waals surface area contributed by atoms with E-state index in [1.54, 1.807) is 17.2 Å². The van der Waals surface area contributed by atoms with Crippen molar-refractivity contribution in [3.05, 3.63) is 93.6 Å². The van der Waals surface area contributed by atoms with Gasteiger partial charge in [0.25, 0.3) is 0 Å². The van der Waals surface area contributed by atoms with Crippen molar-refractivity contribution in [1.29, 1.82) is 0 Å². The van der Waals surface area contributed by atoms with Crippen LogP contribution in [0.25, 0.3) is 0 Å². The second-order valence-corrected chi connectivity index (χ2v) is 31.2. The third kappa shape index (κ3) is 5.58. The average Bonchev–Trinajstić information content (AvgIpc) is 1.43. The maximum atomic E-state index is 17.1. The number of allylic oxidation sites excluding steroid dienone is 6. The summed E-state index contributed by atoms with van der Waals surface area (Å²) in [4.78, 5) is 10.3. The van der Waals surface area contributed by atoms with Crippen LogP contribution in [-0.2, 0) is 30.1 Å². The largest absolute Gasteiger partial charge is 0.460 e. The Morgan fingerprint density at radius 3 is 1.30 bits per heavy atom. The van der Waals surface area contributed by atoms with E-state index in [1.807, 2.05) is 13.8 Å². The van der Waals surface area contributed by atoms with Gasteiger partial charge in [-0.25, -0.2) is 9.97 Å². The van der Waals surface area contributed by atoms with Crippen LogP contribution in [0.5, 0.6) is 0 Å². The van der Waals surface area contributed by atoms with Gasteiger partial charge in [-0.1, -0.05) is 62.1 Å². The molecular formula is C67H64F18N2. The molecule has 2 nitrogen and oxygen atoms in total. The molecule has 0 radical (unpaired) electrons. The van der Waals surface area contributed by atoms with Crippen LogP contribution >= 0.6 is 0 Å². The molecule has 17 aliphatic rings. The zero-order valence-corrected chi connectivity index (χ0v) is 47.2. The molecule has 19 rings (SSSR count). The van der Waals surface area contributed by atoms with Gasteiger partial charge in [-0.05, 0) is 259 Å². The van der Waals surface area contributed by atoms with Crippen LogP contribution in [0.2, 0.25) is 0 Å². The van der Waals surface area contributed by atoms with Gasteiger partial charge in [0, 0.05) is 22.5 Å². The Balaban J connectivity index is 0.897. The lowest BCUT2D eigenvalue weighted by molar-refractivity contribution is -0.400. The first-order valence-corrected chi connectivity index (χ1v) is 32.5. The van der Waals surface area contributed by atoms with E-state index in [1.165, 1.54) is 6.42 Å². The number of fused-ring (bicyclic) bond motifs is 8. The van der Waals surface area contributed by atoms with Crippen molar-refractivity contribution in [2.75, 3.05) is 0 Å². The summed E-state index contributed by atoms with van der Waals surface area (Å²) in [5, 5.41) is 0. The number of unbranched alkanes of at least 4 members (excludes halogenated alkanes) is 2. The smallest absolute Gasteiger partial charge is 0.237 e. The van der Waals surface area contributed by atoms with E-state index in [9.17, 15) is 26.3 Å². The Kier molecular flexibility index (Phi) is 10.1. The molecule has 0 amide bonds. The highest BCUT2D eigenvalue weighted by Gasteiger charge is 2.92. The Labute approximate surface area is 490 Å². The van der Waals surface area contributed by atoms with Gasteiger partial charge in [0.1, 0.15) is 5.82 Å². The summed E-state index contributed by atoms with van der Waals surface area (Å²) in [6.07, 6.45) is 1.60. The third-order valence-corrected chi connectivity index (χ3v) is 29.6. The zero-order chi connectivity index (χ0) is 60.6. The fourth-order valence-corrected chi connectivity index (χ4v) is 28.6.